The van der Waals surface area contributed by atoms with E-state index in [4.69, 9.17) is 15.2 Å². The van der Waals surface area contributed by atoms with Crippen LogP contribution in [0.2, 0.25) is 0 Å². The Hall–Kier alpha value is -5.19. The monoisotopic (exact) mass is 502 g/mol. The van der Waals surface area contributed by atoms with E-state index in [0.717, 1.165) is 5.56 Å². The Kier molecular flexibility index (Phi) is 7.43. The van der Waals surface area contributed by atoms with Gasteiger partial charge < -0.3 is 36.3 Å². The van der Waals surface area contributed by atoms with E-state index in [0.29, 0.717) is 40.8 Å². The molecular weight excluding hydrogens is 476 g/mol. The predicted molar refractivity (Wildman–Crippen MR) is 140 cm³/mol. The molecule has 11 nitrogen and oxygen atoms in total. The van der Waals surface area contributed by atoms with Crippen LogP contribution in [0.1, 0.15) is 26.3 Å². The number of hydrogen-bond acceptors (Lipinski definition) is 8. The number of primary amides is 1. The van der Waals surface area contributed by atoms with Crippen molar-refractivity contribution in [2.24, 2.45) is 5.73 Å². The number of amides is 2. The SMILES string of the molecule is COc1ccc(C(=O)Nc2ccc(Nc3n[nH]c(NCc4ccc(O)cc4)c3C(N)=O)cc2)cc1OC. The third-order valence-electron chi connectivity index (χ3n) is 5.47. The average molecular weight is 503 g/mol. The number of carbonyl (C=O) groups excluding carboxylic acids is 2. The fourth-order valence-electron chi connectivity index (χ4n) is 3.56. The summed E-state index contributed by atoms with van der Waals surface area (Å²) in [5, 5.41) is 25.3. The number of hydrogen-bond donors (Lipinski definition) is 6. The largest absolute Gasteiger partial charge is 0.508 e. The molecule has 37 heavy (non-hydrogen) atoms. The van der Waals surface area contributed by atoms with Gasteiger partial charge >= 0.3 is 0 Å². The first-order chi connectivity index (χ1) is 17.9. The molecule has 0 aliphatic rings. The number of H-pyrrole nitrogens is 1. The highest BCUT2D eigenvalue weighted by atomic mass is 16.5. The highest BCUT2D eigenvalue weighted by Crippen LogP contribution is 2.29. The summed E-state index contributed by atoms with van der Waals surface area (Å²) in [6.45, 7) is 0.386. The van der Waals surface area contributed by atoms with Gasteiger partial charge in [0.25, 0.3) is 11.8 Å². The number of aromatic nitrogens is 2. The van der Waals surface area contributed by atoms with Gasteiger partial charge in [-0.1, -0.05) is 12.1 Å². The number of phenols is 1. The Morgan fingerprint density at radius 2 is 1.62 bits per heavy atom. The maximum Gasteiger partial charge on any atom is 0.256 e. The van der Waals surface area contributed by atoms with E-state index in [2.05, 4.69) is 26.1 Å². The van der Waals surface area contributed by atoms with Gasteiger partial charge in [0.15, 0.2) is 17.3 Å². The van der Waals surface area contributed by atoms with Crippen LogP contribution in [0.3, 0.4) is 0 Å². The summed E-state index contributed by atoms with van der Waals surface area (Å²) in [4.78, 5) is 24.8. The summed E-state index contributed by atoms with van der Waals surface area (Å²) < 4.78 is 10.5. The molecule has 0 aliphatic heterocycles. The summed E-state index contributed by atoms with van der Waals surface area (Å²) in [7, 11) is 3.03. The molecular formula is C26H26N6O5. The standard InChI is InChI=1S/C26H26N6O5/c1-36-20-12-5-16(13-21(20)37-2)26(35)30-18-8-6-17(7-9-18)29-25-22(23(27)34)24(31-32-25)28-14-15-3-10-19(33)11-4-15/h3-13,33H,14H2,1-2H3,(H2,27,34)(H,30,35)(H3,28,29,31,32). The van der Waals surface area contributed by atoms with Crippen molar-refractivity contribution in [2.45, 2.75) is 6.54 Å². The first-order valence-electron chi connectivity index (χ1n) is 11.2. The van der Waals surface area contributed by atoms with Crippen LogP contribution in [0.25, 0.3) is 0 Å². The second-order valence-corrected chi connectivity index (χ2v) is 7.93. The Morgan fingerprint density at radius 1 is 0.946 bits per heavy atom. The summed E-state index contributed by atoms with van der Waals surface area (Å²) in [6, 6.07) is 18.4. The molecule has 0 saturated heterocycles. The normalized spacial score (nSPS) is 10.4. The molecule has 0 unspecified atom stereocenters. The van der Waals surface area contributed by atoms with E-state index in [-0.39, 0.29) is 23.0 Å². The summed E-state index contributed by atoms with van der Waals surface area (Å²) in [5.41, 5.74) is 8.27. The average Bonchev–Trinajstić information content (AvgIpc) is 3.31. The molecule has 2 amide bonds. The number of benzene rings is 3. The van der Waals surface area contributed by atoms with Crippen molar-refractivity contribution in [1.29, 1.82) is 0 Å². The second-order valence-electron chi connectivity index (χ2n) is 7.93. The van der Waals surface area contributed by atoms with Crippen molar-refractivity contribution in [3.63, 3.8) is 0 Å². The van der Waals surface area contributed by atoms with Gasteiger partial charge in [0, 0.05) is 23.5 Å². The number of rotatable bonds is 10. The molecule has 0 spiro atoms. The van der Waals surface area contributed by atoms with Crippen molar-refractivity contribution < 1.29 is 24.2 Å². The number of nitrogens with two attached hydrogens (primary N) is 1. The highest BCUT2D eigenvalue weighted by molar-refractivity contribution is 6.05. The molecule has 0 atom stereocenters. The number of nitrogens with zero attached hydrogens (tertiary/aromatic N) is 1. The topological polar surface area (TPSA) is 164 Å². The highest BCUT2D eigenvalue weighted by Gasteiger charge is 2.19. The first-order valence-corrected chi connectivity index (χ1v) is 11.2. The third-order valence-corrected chi connectivity index (χ3v) is 5.47. The molecule has 3 aromatic carbocycles. The van der Waals surface area contributed by atoms with Crippen LogP contribution < -0.4 is 31.2 Å². The number of carbonyl (C=O) groups is 2. The molecule has 0 aliphatic carbocycles. The number of aromatic amines is 1. The van der Waals surface area contributed by atoms with Crippen LogP contribution >= 0.6 is 0 Å². The van der Waals surface area contributed by atoms with Gasteiger partial charge in [-0.25, -0.2) is 0 Å². The molecule has 1 heterocycles. The fourth-order valence-corrected chi connectivity index (χ4v) is 3.56. The Balaban J connectivity index is 1.42. The molecule has 11 heteroatoms. The van der Waals surface area contributed by atoms with Crippen LogP contribution in [0, 0.1) is 0 Å². The zero-order valence-electron chi connectivity index (χ0n) is 20.2. The Labute approximate surface area is 212 Å². The molecule has 0 saturated carbocycles. The quantitative estimate of drug-likeness (QED) is 0.190. The number of phenolic OH excluding ortho intramolecular Hbond substituents is 1. The maximum atomic E-state index is 12.7. The van der Waals surface area contributed by atoms with Crippen molar-refractivity contribution in [1.82, 2.24) is 10.2 Å². The van der Waals surface area contributed by atoms with Crippen LogP contribution in [0.4, 0.5) is 23.0 Å². The lowest BCUT2D eigenvalue weighted by Gasteiger charge is -2.11. The van der Waals surface area contributed by atoms with Crippen molar-refractivity contribution in [3.05, 3.63) is 83.4 Å². The lowest BCUT2D eigenvalue weighted by molar-refractivity contribution is 0.0999. The van der Waals surface area contributed by atoms with Crippen molar-refractivity contribution in [2.75, 3.05) is 30.2 Å². The van der Waals surface area contributed by atoms with Gasteiger partial charge in [-0.05, 0) is 60.2 Å². The minimum atomic E-state index is -0.664. The minimum Gasteiger partial charge on any atom is -0.508 e. The Bertz CT molecular complexity index is 1400. The second kappa shape index (κ2) is 11.0. The van der Waals surface area contributed by atoms with Gasteiger partial charge in [0.1, 0.15) is 17.1 Å². The number of methoxy groups -OCH3 is 2. The number of ether oxygens (including phenoxy) is 2. The van der Waals surface area contributed by atoms with E-state index in [9.17, 15) is 14.7 Å². The predicted octanol–water partition coefficient (Wildman–Crippen LogP) is 3.84. The van der Waals surface area contributed by atoms with Gasteiger partial charge in [0.2, 0.25) is 0 Å². The third kappa shape index (κ3) is 5.90. The molecule has 0 radical (unpaired) electrons. The molecule has 1 aromatic heterocycles. The van der Waals surface area contributed by atoms with Crippen LogP contribution in [-0.2, 0) is 6.54 Å². The van der Waals surface area contributed by atoms with Gasteiger partial charge in [0.05, 0.1) is 14.2 Å². The van der Waals surface area contributed by atoms with E-state index >= 15 is 0 Å². The molecule has 4 rings (SSSR count). The van der Waals surface area contributed by atoms with E-state index in [1.54, 1.807) is 66.7 Å². The van der Waals surface area contributed by atoms with Crippen molar-refractivity contribution >= 4 is 34.8 Å². The van der Waals surface area contributed by atoms with E-state index < -0.39 is 5.91 Å². The molecule has 190 valence electrons. The summed E-state index contributed by atoms with van der Waals surface area (Å²) >= 11 is 0. The van der Waals surface area contributed by atoms with Crippen LogP contribution in [-0.4, -0.2) is 41.3 Å². The maximum absolute atomic E-state index is 12.7. The fraction of sp³-hybridized carbons (Fsp3) is 0.115. The van der Waals surface area contributed by atoms with Gasteiger partial charge in [-0.15, -0.1) is 0 Å². The van der Waals surface area contributed by atoms with Crippen molar-refractivity contribution in [3.8, 4) is 17.2 Å². The smallest absolute Gasteiger partial charge is 0.256 e. The minimum absolute atomic E-state index is 0.168. The van der Waals surface area contributed by atoms with E-state index in [1.165, 1.54) is 14.2 Å². The number of nitrogens with one attached hydrogen (secondary N) is 4. The zero-order chi connectivity index (χ0) is 26.4. The molecule has 4 aromatic rings. The molecule has 0 bridgehead atoms. The van der Waals surface area contributed by atoms with Crippen LogP contribution in [0.5, 0.6) is 17.2 Å². The summed E-state index contributed by atoms with van der Waals surface area (Å²) in [6.07, 6.45) is 0. The molecule has 0 fully saturated rings. The van der Waals surface area contributed by atoms with E-state index in [1.807, 2.05) is 0 Å². The Morgan fingerprint density at radius 3 is 2.27 bits per heavy atom. The summed E-state index contributed by atoms with van der Waals surface area (Å²) in [5.74, 6) is 0.793. The molecule has 7 N–H and O–H groups in total. The van der Waals surface area contributed by atoms with Gasteiger partial charge in [-0.3, -0.25) is 14.7 Å². The lowest BCUT2D eigenvalue weighted by atomic mass is 10.1. The number of anilines is 4. The number of aromatic hydroxyl groups is 1. The van der Waals surface area contributed by atoms with Crippen LogP contribution in [0.15, 0.2) is 66.7 Å². The first kappa shape index (κ1) is 24.9. The zero-order valence-corrected chi connectivity index (χ0v) is 20.2. The van der Waals surface area contributed by atoms with Gasteiger partial charge in [-0.2, -0.15) is 5.10 Å². The lowest BCUT2D eigenvalue weighted by Crippen LogP contribution is -2.15.